The summed E-state index contributed by atoms with van der Waals surface area (Å²) in [7, 11) is 13.6. The van der Waals surface area contributed by atoms with Crippen LogP contribution in [-0.2, 0) is 79.0 Å². The number of hydrogen-bond acceptors (Lipinski definition) is 21. The van der Waals surface area contributed by atoms with E-state index in [1.165, 1.54) is 127 Å². The molecule has 4 aliphatic heterocycles. The molecule has 0 radical (unpaired) electrons. The molecule has 25 nitrogen and oxygen atoms in total. The number of fused-ring (bicyclic) bond motifs is 4. The third-order valence-corrected chi connectivity index (χ3v) is 17.7. The molecule has 6 N–H and O–H groups in total. The Bertz CT molecular complexity index is 4260. The number of methoxy groups -OCH3 is 9. The number of pyridine rings is 2. The molecule has 0 saturated heterocycles. The van der Waals surface area contributed by atoms with Gasteiger partial charge in [-0.2, -0.15) is 0 Å². The van der Waals surface area contributed by atoms with Crippen LogP contribution in [0, 0.1) is 20.2 Å². The van der Waals surface area contributed by atoms with Crippen molar-refractivity contribution in [2.45, 2.75) is 103 Å². The summed E-state index contributed by atoms with van der Waals surface area (Å²) in [6, 6.07) is 35.5. The van der Waals surface area contributed by atoms with E-state index in [-0.39, 0.29) is 62.8 Å². The molecule has 568 valence electrons. The Morgan fingerprint density at radius 2 is 0.913 bits per heavy atom. The lowest BCUT2D eigenvalue weighted by molar-refractivity contribution is -0.383. The van der Waals surface area contributed by atoms with E-state index in [9.17, 15) is 20.2 Å². The zero-order valence-electron chi connectivity index (χ0n) is 58.3. The molecular formula is C73H96Cl6N12O13. The number of rotatable bonds is 15. The SMILES string of the molecule is C.C.COC(CCl)(OC)OC.COC(CCl)(OC)OC.COc1cc(N)c2c(c1)CCCN2.COc1cc([N+](=O)[O-])c2ncccc2c1.COc1cc2c3c(c1)nc(CCl)n3CCC2.Cl.Cl.ClCc1nc2cccc3c2n1CCC3.Nc1cccc2c1NCCC2.O=[N+]([O-])c1cccc2cccnc12. The van der Waals surface area contributed by atoms with Crippen molar-refractivity contribution in [3.63, 3.8) is 0 Å². The average molecular weight is 1560 g/mol. The maximum atomic E-state index is 10.8. The van der Waals surface area contributed by atoms with E-state index < -0.39 is 21.8 Å². The number of nitrogens with two attached hydrogens (primary N) is 2. The second-order valence-corrected chi connectivity index (χ2v) is 23.5. The van der Waals surface area contributed by atoms with Gasteiger partial charge in [-0.25, -0.2) is 19.9 Å². The van der Waals surface area contributed by atoms with E-state index in [1.54, 1.807) is 62.9 Å². The predicted octanol–water partition coefficient (Wildman–Crippen LogP) is 16.8. The number of para-hydroxylation sites is 3. The summed E-state index contributed by atoms with van der Waals surface area (Å²) in [4.78, 5) is 37.5. The highest BCUT2D eigenvalue weighted by molar-refractivity contribution is 6.18. The van der Waals surface area contributed by atoms with Crippen molar-refractivity contribution in [2.24, 2.45) is 0 Å². The first kappa shape index (κ1) is 90.2. The van der Waals surface area contributed by atoms with Gasteiger partial charge in [0.05, 0.1) is 93.8 Å². The van der Waals surface area contributed by atoms with E-state index in [1.807, 2.05) is 24.3 Å². The molecule has 6 aromatic carbocycles. The Morgan fingerprint density at radius 1 is 0.481 bits per heavy atom. The lowest BCUT2D eigenvalue weighted by Gasteiger charge is -2.25. The Labute approximate surface area is 639 Å². The lowest BCUT2D eigenvalue weighted by Crippen LogP contribution is -2.37. The van der Waals surface area contributed by atoms with Crippen molar-refractivity contribution in [1.29, 1.82) is 0 Å². The van der Waals surface area contributed by atoms with Crippen LogP contribution in [0.5, 0.6) is 17.2 Å². The van der Waals surface area contributed by atoms with Gasteiger partial charge in [0.25, 0.3) is 23.3 Å². The fourth-order valence-electron chi connectivity index (χ4n) is 11.5. The monoisotopic (exact) mass is 1560 g/mol. The summed E-state index contributed by atoms with van der Waals surface area (Å²) in [6.45, 7) is 4.16. The summed E-state index contributed by atoms with van der Waals surface area (Å²) in [5, 5.41) is 29.5. The molecule has 14 rings (SSSR count). The highest BCUT2D eigenvalue weighted by Gasteiger charge is 2.29. The average Bonchev–Trinajstić information content (AvgIpc) is 1.62. The number of ether oxygens (including phenoxy) is 9. The maximum Gasteiger partial charge on any atom is 0.299 e. The zero-order chi connectivity index (χ0) is 72.4. The van der Waals surface area contributed by atoms with Crippen molar-refractivity contribution in [2.75, 3.05) is 111 Å². The molecule has 0 amide bonds. The van der Waals surface area contributed by atoms with Gasteiger partial charge in [0, 0.05) is 110 Å². The van der Waals surface area contributed by atoms with Crippen LogP contribution < -0.4 is 36.3 Å². The van der Waals surface area contributed by atoms with Crippen molar-refractivity contribution < 1.29 is 52.5 Å². The molecule has 10 aromatic rings. The van der Waals surface area contributed by atoms with E-state index >= 15 is 0 Å². The molecule has 0 spiro atoms. The topological polar surface area (TPSA) is 307 Å². The summed E-state index contributed by atoms with van der Waals surface area (Å²) in [6.07, 6.45) is 12.3. The van der Waals surface area contributed by atoms with Gasteiger partial charge in [-0.15, -0.1) is 71.2 Å². The van der Waals surface area contributed by atoms with Crippen molar-refractivity contribution in [3.05, 3.63) is 182 Å². The third-order valence-electron chi connectivity index (χ3n) is 16.6. The largest absolute Gasteiger partial charge is 0.497 e. The van der Waals surface area contributed by atoms with Crippen LogP contribution in [-0.4, -0.2) is 140 Å². The van der Waals surface area contributed by atoms with Gasteiger partial charge in [0.15, 0.2) is 0 Å². The van der Waals surface area contributed by atoms with Gasteiger partial charge in [-0.05, 0) is 116 Å². The standard InChI is InChI=1S/C12H13ClN2O.C11H11ClN2.C10H8N2O3.C10H14N2O.C9H6N2O2.C9H12N2.2C5H11ClO3.2CH4.2ClH/c1-16-9-5-8-3-2-4-15-11(7-13)14-10(6-9)12(8)15;12-7-10-13-9-5-1-3-8-4-2-6-14(10)11(8)9;1-15-8-5-7-3-2-4-11-10(7)9(6-8)12(13)14;1-13-8-5-7-3-2-4-12-10(7)9(11)6-8;12-11(13)8-5-1-3-7-4-2-6-10-9(7)8;10-8-5-1-3-7-4-2-6-11-9(7)8;2*1-7-5(4-6,8-2)9-3;;;;/h5-6H,2-4,7H2,1H3;1,3,5H,2,4,6-7H2;2-6H,1H3;5-6,12H,2-4,11H2,1H3;1-6H;1,3,5,11H,2,4,6,10H2;2*4H2,1-3H3;2*1H4;2*1H. The summed E-state index contributed by atoms with van der Waals surface area (Å²) >= 11 is 22.7. The molecule has 0 saturated carbocycles. The molecule has 104 heavy (non-hydrogen) atoms. The van der Waals surface area contributed by atoms with Gasteiger partial charge in [-0.1, -0.05) is 63.4 Å². The Kier molecular flexibility index (Phi) is 38.8. The van der Waals surface area contributed by atoms with E-state index in [4.69, 9.17) is 101 Å². The summed E-state index contributed by atoms with van der Waals surface area (Å²) in [5.74, 6) is 3.30. The van der Waals surface area contributed by atoms with Gasteiger partial charge in [0.1, 0.15) is 51.7 Å². The number of nitro benzene ring substituents is 2. The predicted molar refractivity (Wildman–Crippen MR) is 424 cm³/mol. The molecular weight excluding hydrogens is 1470 g/mol. The number of non-ortho nitro benzene ring substituents is 2. The second kappa shape index (κ2) is 44.7. The number of anilines is 4. The number of hydrogen-bond donors (Lipinski definition) is 4. The van der Waals surface area contributed by atoms with Gasteiger partial charge in [-0.3, -0.25) is 20.2 Å². The van der Waals surface area contributed by atoms with Crippen LogP contribution >= 0.6 is 71.2 Å². The number of nitrogens with zero attached hydrogens (tertiary/aromatic N) is 8. The number of nitro groups is 2. The number of benzene rings is 6. The number of imidazole rings is 2. The molecule has 0 atom stereocenters. The minimum atomic E-state index is -1.07. The molecule has 0 bridgehead atoms. The van der Waals surface area contributed by atoms with Crippen molar-refractivity contribution >= 4 is 149 Å². The molecule has 4 aromatic heterocycles. The fraction of sp³-hybridized carbons (Fsp3) is 0.397. The summed E-state index contributed by atoms with van der Waals surface area (Å²) < 4.78 is 48.8. The first-order valence-electron chi connectivity index (χ1n) is 31.9. The Morgan fingerprint density at radius 3 is 1.42 bits per heavy atom. The number of nitrogen functional groups attached to an aromatic ring is 2. The van der Waals surface area contributed by atoms with E-state index in [0.717, 1.165) is 114 Å². The smallest absolute Gasteiger partial charge is 0.299 e. The number of alkyl halides is 4. The van der Waals surface area contributed by atoms with Crippen molar-refractivity contribution in [3.8, 4) is 17.2 Å². The minimum absolute atomic E-state index is 0. The molecule has 0 unspecified atom stereocenters. The minimum Gasteiger partial charge on any atom is -0.497 e. The molecule has 8 heterocycles. The van der Waals surface area contributed by atoms with E-state index in [0.29, 0.717) is 33.9 Å². The van der Waals surface area contributed by atoms with Crippen LogP contribution in [0.15, 0.2) is 128 Å². The van der Waals surface area contributed by atoms with Gasteiger partial charge in [0.2, 0.25) is 0 Å². The lowest BCUT2D eigenvalue weighted by atomic mass is 10.0. The van der Waals surface area contributed by atoms with E-state index in [2.05, 4.69) is 76.1 Å². The maximum absolute atomic E-state index is 10.8. The zero-order valence-corrected chi connectivity index (χ0v) is 63.0. The number of halogens is 6. The second-order valence-electron chi connectivity index (χ2n) is 22.4. The first-order valence-corrected chi connectivity index (χ1v) is 34.0. The number of nitrogens with one attached hydrogen (secondary N) is 2. The highest BCUT2D eigenvalue weighted by atomic mass is 35.5. The van der Waals surface area contributed by atoms with Crippen LogP contribution in [0.4, 0.5) is 34.1 Å². The quantitative estimate of drug-likeness (QED) is 0.0244. The number of aromatic nitrogens is 6. The third kappa shape index (κ3) is 23.0. The fourth-order valence-corrected chi connectivity index (χ4v) is 12.5. The molecule has 0 fully saturated rings. The summed E-state index contributed by atoms with van der Waals surface area (Å²) in [5.41, 5.74) is 26.4. The molecule has 4 aliphatic rings. The Hall–Kier alpha value is -8.02. The van der Waals surface area contributed by atoms with Crippen molar-refractivity contribution in [1.82, 2.24) is 29.1 Å². The first-order chi connectivity index (χ1) is 48.4. The van der Waals surface area contributed by atoms with Crippen LogP contribution in [0.3, 0.4) is 0 Å². The normalized spacial score (nSPS) is 12.5. The molecule has 31 heteroatoms. The molecule has 0 aliphatic carbocycles. The highest BCUT2D eigenvalue weighted by Crippen LogP contribution is 2.35. The van der Waals surface area contributed by atoms with Gasteiger partial charge >= 0.3 is 0 Å². The Balaban J connectivity index is 0.000000309. The van der Waals surface area contributed by atoms with Crippen LogP contribution in [0.1, 0.15) is 74.4 Å². The number of aryl methyl sites for hydroxylation is 6. The van der Waals surface area contributed by atoms with Crippen LogP contribution in [0.2, 0.25) is 0 Å². The van der Waals surface area contributed by atoms with Gasteiger partial charge < -0.3 is 73.9 Å². The van der Waals surface area contributed by atoms with Crippen LogP contribution in [0.25, 0.3) is 43.9 Å².